The van der Waals surface area contributed by atoms with Crippen molar-refractivity contribution in [3.8, 4) is 27.9 Å². The Labute approximate surface area is 338 Å². The lowest BCUT2D eigenvalue weighted by atomic mass is 10.0. The highest BCUT2D eigenvalue weighted by atomic mass is 32.1. The topological polar surface area (TPSA) is 21.3 Å². The molecular formula is C54H34N2OS. The molecule has 0 aliphatic heterocycles. The Morgan fingerprint density at radius 2 is 0.948 bits per heavy atom. The second-order valence-electron chi connectivity index (χ2n) is 14.9. The third kappa shape index (κ3) is 5.19. The summed E-state index contributed by atoms with van der Waals surface area (Å²) >= 11 is 1.86. The Kier molecular flexibility index (Phi) is 7.40. The highest BCUT2D eigenvalue weighted by molar-refractivity contribution is 7.25. The fourth-order valence-electron chi connectivity index (χ4n) is 8.85. The van der Waals surface area contributed by atoms with Crippen LogP contribution in [0.15, 0.2) is 211 Å². The van der Waals surface area contributed by atoms with Crippen LogP contribution in [0.25, 0.3) is 91.9 Å². The third-order valence-corrected chi connectivity index (χ3v) is 12.7. The van der Waals surface area contributed by atoms with Crippen molar-refractivity contribution in [1.29, 1.82) is 0 Å². The molecule has 3 aromatic heterocycles. The normalized spacial score (nSPS) is 11.8. The van der Waals surface area contributed by atoms with Crippen molar-refractivity contribution in [1.82, 2.24) is 4.57 Å². The summed E-state index contributed by atoms with van der Waals surface area (Å²) in [4.78, 5) is 2.32. The zero-order chi connectivity index (χ0) is 38.2. The second kappa shape index (κ2) is 13.1. The van der Waals surface area contributed by atoms with Crippen molar-refractivity contribution >= 4 is 92.3 Å². The molecule has 0 aliphatic rings. The maximum atomic E-state index is 6.63. The number of para-hydroxylation sites is 4. The average Bonchev–Trinajstić information content (AvgIpc) is 3.97. The SMILES string of the molecule is c1ccc(-n2c3ccccc3c3ccc(-c4ccc(N(c5ccc(-c6ccc7c(c6)sc6ccccc67)cc5)c5cccc6c5oc5ccccc56)cc4)cc32)cc1. The molecule has 0 N–H and O–H groups in total. The van der Waals surface area contributed by atoms with Crippen molar-refractivity contribution in [2.75, 3.05) is 4.90 Å². The van der Waals surface area contributed by atoms with Crippen molar-refractivity contribution in [3.05, 3.63) is 206 Å². The number of hydrogen-bond donors (Lipinski definition) is 0. The Hall–Kier alpha value is -7.40. The molecule has 0 amide bonds. The average molecular weight is 759 g/mol. The minimum atomic E-state index is 0.867. The smallest absolute Gasteiger partial charge is 0.159 e. The van der Waals surface area contributed by atoms with E-state index in [0.717, 1.165) is 50.3 Å². The van der Waals surface area contributed by atoms with E-state index < -0.39 is 0 Å². The number of anilines is 3. The van der Waals surface area contributed by atoms with E-state index in [1.165, 1.54) is 58.7 Å². The Morgan fingerprint density at radius 3 is 1.72 bits per heavy atom. The molecule has 0 fully saturated rings. The van der Waals surface area contributed by atoms with Gasteiger partial charge in [0.2, 0.25) is 0 Å². The molecule has 58 heavy (non-hydrogen) atoms. The Morgan fingerprint density at radius 1 is 0.379 bits per heavy atom. The van der Waals surface area contributed by atoms with Gasteiger partial charge in [0.1, 0.15) is 5.58 Å². The third-order valence-electron chi connectivity index (χ3n) is 11.6. The fraction of sp³-hybridized carbons (Fsp3) is 0. The van der Waals surface area contributed by atoms with Crippen molar-refractivity contribution in [3.63, 3.8) is 0 Å². The molecule has 0 unspecified atom stereocenters. The zero-order valence-corrected chi connectivity index (χ0v) is 32.2. The van der Waals surface area contributed by atoms with Gasteiger partial charge in [-0.2, -0.15) is 0 Å². The molecule has 0 bridgehead atoms. The van der Waals surface area contributed by atoms with E-state index >= 15 is 0 Å². The van der Waals surface area contributed by atoms with E-state index in [1.807, 2.05) is 17.4 Å². The van der Waals surface area contributed by atoms with Crippen LogP contribution < -0.4 is 4.90 Å². The molecule has 9 aromatic carbocycles. The molecule has 272 valence electrons. The number of hydrogen-bond acceptors (Lipinski definition) is 3. The van der Waals surface area contributed by atoms with Crippen LogP contribution in [0.1, 0.15) is 0 Å². The monoisotopic (exact) mass is 758 g/mol. The van der Waals surface area contributed by atoms with E-state index in [2.05, 4.69) is 210 Å². The summed E-state index contributed by atoms with van der Waals surface area (Å²) in [7, 11) is 0. The van der Waals surface area contributed by atoms with E-state index in [4.69, 9.17) is 4.42 Å². The van der Waals surface area contributed by atoms with Gasteiger partial charge in [0.25, 0.3) is 0 Å². The second-order valence-corrected chi connectivity index (χ2v) is 16.0. The maximum Gasteiger partial charge on any atom is 0.159 e. The summed E-state index contributed by atoms with van der Waals surface area (Å²) in [6.07, 6.45) is 0. The Bertz CT molecular complexity index is 3500. The molecule has 12 rings (SSSR count). The molecule has 0 atom stereocenters. The van der Waals surface area contributed by atoms with Crippen LogP contribution in [0.5, 0.6) is 0 Å². The van der Waals surface area contributed by atoms with Crippen molar-refractivity contribution in [2.24, 2.45) is 0 Å². The number of aromatic nitrogens is 1. The largest absolute Gasteiger partial charge is 0.454 e. The number of rotatable bonds is 6. The van der Waals surface area contributed by atoms with Crippen LogP contribution in [-0.4, -0.2) is 4.57 Å². The van der Waals surface area contributed by atoms with E-state index in [1.54, 1.807) is 0 Å². The first kappa shape index (κ1) is 32.8. The summed E-state index contributed by atoms with van der Waals surface area (Å²) < 4.78 is 11.6. The minimum absolute atomic E-state index is 0.867. The quantitative estimate of drug-likeness (QED) is 0.168. The van der Waals surface area contributed by atoms with Crippen molar-refractivity contribution < 1.29 is 4.42 Å². The van der Waals surface area contributed by atoms with Crippen LogP contribution in [0.3, 0.4) is 0 Å². The minimum Gasteiger partial charge on any atom is -0.454 e. The van der Waals surface area contributed by atoms with Crippen molar-refractivity contribution in [2.45, 2.75) is 0 Å². The molecule has 0 aliphatic carbocycles. The molecule has 0 spiro atoms. The first-order valence-corrected chi connectivity index (χ1v) is 20.5. The van der Waals surface area contributed by atoms with Gasteiger partial charge in [-0.25, -0.2) is 0 Å². The number of nitrogens with zero attached hydrogens (tertiary/aromatic N) is 2. The molecule has 3 nitrogen and oxygen atoms in total. The lowest BCUT2D eigenvalue weighted by molar-refractivity contribution is 0.669. The highest BCUT2D eigenvalue weighted by Crippen LogP contribution is 2.44. The van der Waals surface area contributed by atoms with Gasteiger partial charge in [-0.05, 0) is 95.1 Å². The van der Waals surface area contributed by atoms with Gasteiger partial charge in [-0.3, -0.25) is 0 Å². The summed E-state index contributed by atoms with van der Waals surface area (Å²) in [6.45, 7) is 0. The van der Waals surface area contributed by atoms with E-state index in [0.29, 0.717) is 0 Å². The molecule has 12 aromatic rings. The molecule has 0 saturated heterocycles. The van der Waals surface area contributed by atoms with Gasteiger partial charge in [0.05, 0.1) is 16.7 Å². The summed E-state index contributed by atoms with van der Waals surface area (Å²) in [6, 6.07) is 74.4. The summed E-state index contributed by atoms with van der Waals surface area (Å²) in [5.41, 5.74) is 13.1. The van der Waals surface area contributed by atoms with Crippen LogP contribution >= 0.6 is 11.3 Å². The maximum absolute atomic E-state index is 6.63. The van der Waals surface area contributed by atoms with Crippen LogP contribution in [0.2, 0.25) is 0 Å². The predicted molar refractivity (Wildman–Crippen MR) is 247 cm³/mol. The molecule has 0 radical (unpaired) electrons. The number of furan rings is 1. The van der Waals surface area contributed by atoms with E-state index in [-0.39, 0.29) is 0 Å². The fourth-order valence-corrected chi connectivity index (χ4v) is 10.00. The molecule has 3 heterocycles. The summed E-state index contributed by atoms with van der Waals surface area (Å²) in [5, 5.41) is 7.35. The summed E-state index contributed by atoms with van der Waals surface area (Å²) in [5.74, 6) is 0. The Balaban J connectivity index is 0.970. The van der Waals surface area contributed by atoms with Crippen LogP contribution in [-0.2, 0) is 0 Å². The lowest BCUT2D eigenvalue weighted by Crippen LogP contribution is -2.10. The number of thiophene rings is 1. The van der Waals surface area contributed by atoms with Crippen LogP contribution in [0, 0.1) is 0 Å². The first-order valence-electron chi connectivity index (χ1n) is 19.7. The van der Waals surface area contributed by atoms with Gasteiger partial charge in [-0.15, -0.1) is 11.3 Å². The van der Waals surface area contributed by atoms with Gasteiger partial charge in [0.15, 0.2) is 5.58 Å². The molecule has 0 saturated carbocycles. The van der Waals surface area contributed by atoms with Gasteiger partial charge in [-0.1, -0.05) is 133 Å². The van der Waals surface area contributed by atoms with E-state index in [9.17, 15) is 0 Å². The van der Waals surface area contributed by atoms with Crippen LogP contribution in [0.4, 0.5) is 17.1 Å². The lowest BCUT2D eigenvalue weighted by Gasteiger charge is -2.26. The van der Waals surface area contributed by atoms with Gasteiger partial charge < -0.3 is 13.9 Å². The first-order chi connectivity index (χ1) is 28.7. The standard InChI is InChI=1S/C54H34N2OS/c1-2-11-39(12-3-1)56-48-17-7-4-13-42(48)43-31-25-37(33-50(43)56)35-21-27-40(28-22-35)55(49-18-10-16-47-44-14-5-8-19-51(44)57-54(47)49)41-29-23-36(24-30-41)38-26-32-46-45-15-6-9-20-52(45)58-53(46)34-38/h1-34H. The molecular weight excluding hydrogens is 725 g/mol. The predicted octanol–water partition coefficient (Wildman–Crippen LogP) is 15.9. The number of benzene rings is 9. The van der Waals surface area contributed by atoms with Gasteiger partial charge >= 0.3 is 0 Å². The molecule has 4 heteroatoms. The highest BCUT2D eigenvalue weighted by Gasteiger charge is 2.20. The van der Waals surface area contributed by atoms with Gasteiger partial charge in [0, 0.05) is 58.8 Å². The number of fused-ring (bicyclic) bond motifs is 9. The zero-order valence-electron chi connectivity index (χ0n) is 31.3.